The van der Waals surface area contributed by atoms with Crippen molar-refractivity contribution in [2.24, 2.45) is 0 Å². The molecule has 11 heteroatoms. The van der Waals surface area contributed by atoms with E-state index in [1.54, 1.807) is 12.1 Å². The number of rotatable bonds is 8. The van der Waals surface area contributed by atoms with Crippen LogP contribution in [-0.2, 0) is 16.1 Å². The molecule has 0 aliphatic heterocycles. The van der Waals surface area contributed by atoms with Gasteiger partial charge in [0.15, 0.2) is 18.1 Å². The van der Waals surface area contributed by atoms with E-state index in [1.165, 1.54) is 44.6 Å². The first-order chi connectivity index (χ1) is 14.9. The maximum atomic E-state index is 12.4. The summed E-state index contributed by atoms with van der Waals surface area (Å²) in [5, 5.41) is 3.77. The summed E-state index contributed by atoms with van der Waals surface area (Å²) in [7, 11) is 2.50. The van der Waals surface area contributed by atoms with Crippen LogP contribution in [0.25, 0.3) is 11.4 Å². The first-order valence-electron chi connectivity index (χ1n) is 8.73. The van der Waals surface area contributed by atoms with Crippen molar-refractivity contribution >= 4 is 11.9 Å². The molecule has 3 aromatic rings. The maximum absolute atomic E-state index is 12.4. The number of carbonyl (C=O) groups excluding carboxylic acids is 2. The Morgan fingerprint density at radius 2 is 1.74 bits per heavy atom. The van der Waals surface area contributed by atoms with Crippen molar-refractivity contribution in [3.05, 3.63) is 59.5 Å². The summed E-state index contributed by atoms with van der Waals surface area (Å²) in [6, 6.07) is 10.1. The van der Waals surface area contributed by atoms with E-state index < -0.39 is 18.6 Å². The predicted molar refractivity (Wildman–Crippen MR) is 99.8 cm³/mol. The van der Waals surface area contributed by atoms with Gasteiger partial charge in [-0.1, -0.05) is 17.3 Å². The maximum Gasteiger partial charge on any atom is 0.387 e. The number of esters is 2. The van der Waals surface area contributed by atoms with E-state index in [0.717, 1.165) is 0 Å². The molecule has 0 saturated carbocycles. The number of methoxy groups -OCH3 is 2. The van der Waals surface area contributed by atoms with E-state index >= 15 is 0 Å². The molecule has 2 aromatic carbocycles. The van der Waals surface area contributed by atoms with E-state index in [2.05, 4.69) is 19.6 Å². The minimum Gasteiger partial charge on any atom is -0.493 e. The number of carbonyl (C=O) groups is 2. The highest BCUT2D eigenvalue weighted by atomic mass is 19.3. The monoisotopic (exact) mass is 434 g/mol. The van der Waals surface area contributed by atoms with Crippen molar-refractivity contribution in [3.8, 4) is 22.9 Å². The van der Waals surface area contributed by atoms with Gasteiger partial charge in [0.05, 0.1) is 25.3 Å². The second-order valence-corrected chi connectivity index (χ2v) is 5.87. The molecule has 0 amide bonds. The molecule has 9 nitrogen and oxygen atoms in total. The smallest absolute Gasteiger partial charge is 0.387 e. The fraction of sp³-hybridized carbons (Fsp3) is 0.200. The average molecular weight is 434 g/mol. The molecule has 0 aliphatic rings. The highest BCUT2D eigenvalue weighted by molar-refractivity contribution is 6.03. The Balaban J connectivity index is 1.71. The molecular weight excluding hydrogens is 418 g/mol. The van der Waals surface area contributed by atoms with Gasteiger partial charge >= 0.3 is 18.6 Å². The number of aromatic nitrogens is 2. The number of benzene rings is 2. The third-order valence-corrected chi connectivity index (χ3v) is 3.98. The average Bonchev–Trinajstić information content (AvgIpc) is 3.26. The number of alkyl halides is 2. The first kappa shape index (κ1) is 21.7. The van der Waals surface area contributed by atoms with Crippen LogP contribution in [0, 0.1) is 0 Å². The van der Waals surface area contributed by atoms with Gasteiger partial charge in [0.2, 0.25) is 5.82 Å². The lowest BCUT2D eigenvalue weighted by atomic mass is 10.1. The summed E-state index contributed by atoms with van der Waals surface area (Å²) in [5.74, 6) is -1.47. The second kappa shape index (κ2) is 9.65. The van der Waals surface area contributed by atoms with Gasteiger partial charge in [-0.3, -0.25) is 0 Å². The van der Waals surface area contributed by atoms with Crippen molar-refractivity contribution < 1.29 is 41.8 Å². The summed E-state index contributed by atoms with van der Waals surface area (Å²) in [5.41, 5.74) is 0.476. The van der Waals surface area contributed by atoms with Crippen LogP contribution < -0.4 is 9.47 Å². The Morgan fingerprint density at radius 1 is 1.03 bits per heavy atom. The van der Waals surface area contributed by atoms with Gasteiger partial charge in [-0.15, -0.1) is 0 Å². The van der Waals surface area contributed by atoms with E-state index in [9.17, 15) is 18.4 Å². The lowest BCUT2D eigenvalue weighted by Gasteiger charge is -2.10. The topological polar surface area (TPSA) is 110 Å². The molecule has 0 atom stereocenters. The van der Waals surface area contributed by atoms with Crippen LogP contribution in [0.3, 0.4) is 0 Å². The normalized spacial score (nSPS) is 10.6. The molecule has 0 spiro atoms. The van der Waals surface area contributed by atoms with Gasteiger partial charge in [0, 0.05) is 5.56 Å². The van der Waals surface area contributed by atoms with Gasteiger partial charge in [0.25, 0.3) is 5.89 Å². The fourth-order valence-electron chi connectivity index (χ4n) is 2.58. The van der Waals surface area contributed by atoms with Crippen LogP contribution in [0.5, 0.6) is 11.5 Å². The molecule has 0 bridgehead atoms. The highest BCUT2D eigenvalue weighted by Crippen LogP contribution is 2.32. The van der Waals surface area contributed by atoms with Crippen molar-refractivity contribution in [1.82, 2.24) is 10.1 Å². The molecule has 0 saturated heterocycles. The summed E-state index contributed by atoms with van der Waals surface area (Å²) >= 11 is 0. The summed E-state index contributed by atoms with van der Waals surface area (Å²) < 4.78 is 49.1. The van der Waals surface area contributed by atoms with Gasteiger partial charge in [0.1, 0.15) is 0 Å². The Morgan fingerprint density at radius 3 is 2.39 bits per heavy atom. The highest BCUT2D eigenvalue weighted by Gasteiger charge is 2.20. The number of nitrogens with zero attached hydrogens (tertiary/aromatic N) is 2. The third kappa shape index (κ3) is 5.13. The summed E-state index contributed by atoms with van der Waals surface area (Å²) in [4.78, 5) is 28.2. The Labute approximate surface area is 174 Å². The number of hydrogen-bond donors (Lipinski definition) is 0. The number of ether oxygens (including phenoxy) is 4. The largest absolute Gasteiger partial charge is 0.493 e. The van der Waals surface area contributed by atoms with Crippen LogP contribution in [0.2, 0.25) is 0 Å². The molecule has 1 heterocycles. The van der Waals surface area contributed by atoms with Crippen molar-refractivity contribution in [2.75, 3.05) is 14.2 Å². The van der Waals surface area contributed by atoms with E-state index in [1.807, 2.05) is 0 Å². The van der Waals surface area contributed by atoms with E-state index in [0.29, 0.717) is 5.56 Å². The fourth-order valence-corrected chi connectivity index (χ4v) is 2.58. The van der Waals surface area contributed by atoms with Gasteiger partial charge in [-0.2, -0.15) is 13.8 Å². The Hall–Kier alpha value is -4.02. The zero-order valence-electron chi connectivity index (χ0n) is 16.3. The summed E-state index contributed by atoms with van der Waals surface area (Å²) in [6.45, 7) is -3.36. The lowest BCUT2D eigenvalue weighted by Crippen LogP contribution is -2.13. The van der Waals surface area contributed by atoms with E-state index in [4.69, 9.17) is 14.0 Å². The third-order valence-electron chi connectivity index (χ3n) is 3.98. The predicted octanol–water partition coefficient (Wildman–Crippen LogP) is 3.49. The quantitative estimate of drug-likeness (QED) is 0.492. The Bertz CT molecular complexity index is 1080. The van der Waals surface area contributed by atoms with Gasteiger partial charge < -0.3 is 23.5 Å². The zero-order valence-corrected chi connectivity index (χ0v) is 16.3. The number of hydrogen-bond acceptors (Lipinski definition) is 9. The van der Waals surface area contributed by atoms with Crippen LogP contribution in [0.4, 0.5) is 8.78 Å². The van der Waals surface area contributed by atoms with Crippen LogP contribution >= 0.6 is 0 Å². The molecular formula is C20H16F2N2O7. The minimum absolute atomic E-state index is 0.0217. The lowest BCUT2D eigenvalue weighted by molar-refractivity contribution is -0.0512. The Kier molecular flexibility index (Phi) is 6.75. The minimum atomic E-state index is -3.00. The first-order valence-corrected chi connectivity index (χ1v) is 8.73. The molecule has 31 heavy (non-hydrogen) atoms. The van der Waals surface area contributed by atoms with Crippen molar-refractivity contribution in [2.45, 2.75) is 13.2 Å². The van der Waals surface area contributed by atoms with E-state index in [-0.39, 0.29) is 40.9 Å². The standard InChI is InChI=1S/C20H16F2N2O7/c1-27-15-9-11(7-8-14(15)30-20(21)22)17-23-16(31-24-17)10-29-19(26)13-6-4-3-5-12(13)18(25)28-2/h3-9,20H,10H2,1-2H3. The molecule has 0 aliphatic carbocycles. The van der Waals surface area contributed by atoms with Gasteiger partial charge in [-0.25, -0.2) is 9.59 Å². The second-order valence-electron chi connectivity index (χ2n) is 5.87. The van der Waals surface area contributed by atoms with Crippen LogP contribution in [0.15, 0.2) is 47.0 Å². The van der Waals surface area contributed by atoms with Crippen LogP contribution in [-0.4, -0.2) is 42.9 Å². The molecule has 1 aromatic heterocycles. The van der Waals surface area contributed by atoms with Crippen LogP contribution in [0.1, 0.15) is 26.6 Å². The van der Waals surface area contributed by atoms with Crippen molar-refractivity contribution in [3.63, 3.8) is 0 Å². The van der Waals surface area contributed by atoms with Crippen molar-refractivity contribution in [1.29, 1.82) is 0 Å². The molecule has 0 unspecified atom stereocenters. The molecule has 3 rings (SSSR count). The van der Waals surface area contributed by atoms with Gasteiger partial charge in [-0.05, 0) is 30.3 Å². The molecule has 0 N–H and O–H groups in total. The number of halogens is 2. The molecule has 0 radical (unpaired) electrons. The zero-order chi connectivity index (χ0) is 22.4. The molecule has 0 fully saturated rings. The summed E-state index contributed by atoms with van der Waals surface area (Å²) in [6.07, 6.45) is 0. The molecule has 162 valence electrons. The SMILES string of the molecule is COC(=O)c1ccccc1C(=O)OCc1nc(-c2ccc(OC(F)F)c(OC)c2)no1.